The molecule has 26 heavy (non-hydrogen) atoms. The van der Waals surface area contributed by atoms with E-state index in [0.29, 0.717) is 30.5 Å². The zero-order chi connectivity index (χ0) is 18.2. The maximum atomic E-state index is 12.0. The predicted octanol–water partition coefficient (Wildman–Crippen LogP) is 3.32. The van der Waals surface area contributed by atoms with Crippen LogP contribution in [0, 0.1) is 0 Å². The molecule has 0 aliphatic heterocycles. The number of aromatic amines is 1. The number of aromatic nitrogens is 3. The first-order valence-electron chi connectivity index (χ1n) is 8.38. The molecule has 0 spiro atoms. The Labute approximate surface area is 151 Å². The minimum Gasteiger partial charge on any atom is -0.494 e. The third-order valence-electron chi connectivity index (χ3n) is 3.55. The molecule has 134 valence electrons. The first-order valence-corrected chi connectivity index (χ1v) is 8.38. The molecular formula is C19H20N4O3. The van der Waals surface area contributed by atoms with Crippen LogP contribution in [0.5, 0.6) is 17.4 Å². The Hall–Kier alpha value is -3.35. The van der Waals surface area contributed by atoms with Crippen LogP contribution in [0.1, 0.15) is 29.4 Å². The molecule has 0 atom stereocenters. The zero-order valence-electron chi connectivity index (χ0n) is 14.4. The SMILES string of the molecule is CCCOc1ccc(Oc2ncccc2CNC(=O)c2ccn[nH]2)cc1. The molecule has 1 amide bonds. The molecule has 0 aliphatic rings. The second-order valence-corrected chi connectivity index (χ2v) is 5.54. The Morgan fingerprint density at radius 1 is 1.12 bits per heavy atom. The molecule has 2 N–H and O–H groups in total. The number of amides is 1. The van der Waals surface area contributed by atoms with Gasteiger partial charge in [-0.3, -0.25) is 9.89 Å². The Kier molecular flexibility index (Phi) is 5.82. The maximum absolute atomic E-state index is 12.0. The molecule has 7 heteroatoms. The topological polar surface area (TPSA) is 89.1 Å². The van der Waals surface area contributed by atoms with E-state index in [2.05, 4.69) is 27.4 Å². The van der Waals surface area contributed by atoms with E-state index < -0.39 is 0 Å². The van der Waals surface area contributed by atoms with E-state index in [0.717, 1.165) is 17.7 Å². The van der Waals surface area contributed by atoms with E-state index in [1.54, 1.807) is 18.3 Å². The average Bonchev–Trinajstić information content (AvgIpc) is 3.21. The Morgan fingerprint density at radius 3 is 2.65 bits per heavy atom. The Balaban J connectivity index is 1.64. The molecule has 2 aromatic heterocycles. The molecule has 2 heterocycles. The predicted molar refractivity (Wildman–Crippen MR) is 96.3 cm³/mol. The van der Waals surface area contributed by atoms with Crippen LogP contribution in [0.4, 0.5) is 0 Å². The van der Waals surface area contributed by atoms with Crippen LogP contribution in [0.3, 0.4) is 0 Å². The number of nitrogens with one attached hydrogen (secondary N) is 2. The van der Waals surface area contributed by atoms with Crippen LogP contribution in [-0.4, -0.2) is 27.7 Å². The van der Waals surface area contributed by atoms with Gasteiger partial charge in [0.15, 0.2) is 0 Å². The number of H-pyrrole nitrogens is 1. The summed E-state index contributed by atoms with van der Waals surface area (Å²) in [7, 11) is 0. The van der Waals surface area contributed by atoms with Crippen LogP contribution < -0.4 is 14.8 Å². The fraction of sp³-hybridized carbons (Fsp3) is 0.211. The molecule has 0 saturated carbocycles. The van der Waals surface area contributed by atoms with Crippen LogP contribution in [0.25, 0.3) is 0 Å². The molecule has 0 aliphatic carbocycles. The number of hydrogen-bond acceptors (Lipinski definition) is 5. The van der Waals surface area contributed by atoms with E-state index in [1.807, 2.05) is 30.3 Å². The molecule has 0 fully saturated rings. The van der Waals surface area contributed by atoms with Gasteiger partial charge >= 0.3 is 0 Å². The number of pyridine rings is 1. The fourth-order valence-electron chi connectivity index (χ4n) is 2.24. The molecule has 3 rings (SSSR count). The van der Waals surface area contributed by atoms with Crippen molar-refractivity contribution in [2.24, 2.45) is 0 Å². The number of nitrogens with zero attached hydrogens (tertiary/aromatic N) is 2. The zero-order valence-corrected chi connectivity index (χ0v) is 14.4. The summed E-state index contributed by atoms with van der Waals surface area (Å²) in [5.74, 6) is 1.65. The van der Waals surface area contributed by atoms with Crippen LogP contribution in [0.15, 0.2) is 54.9 Å². The second-order valence-electron chi connectivity index (χ2n) is 5.54. The van der Waals surface area contributed by atoms with Gasteiger partial charge in [0.1, 0.15) is 17.2 Å². The molecular weight excluding hydrogens is 332 g/mol. The highest BCUT2D eigenvalue weighted by atomic mass is 16.5. The van der Waals surface area contributed by atoms with E-state index >= 15 is 0 Å². The van der Waals surface area contributed by atoms with E-state index in [9.17, 15) is 4.79 Å². The van der Waals surface area contributed by atoms with Crippen LogP contribution in [-0.2, 0) is 6.54 Å². The maximum Gasteiger partial charge on any atom is 0.269 e. The number of hydrogen-bond donors (Lipinski definition) is 2. The lowest BCUT2D eigenvalue weighted by molar-refractivity contribution is 0.0945. The van der Waals surface area contributed by atoms with Gasteiger partial charge in [0, 0.05) is 24.5 Å². The summed E-state index contributed by atoms with van der Waals surface area (Å²) in [6.07, 6.45) is 4.13. The van der Waals surface area contributed by atoms with Crippen LogP contribution in [0.2, 0.25) is 0 Å². The minimum absolute atomic E-state index is 0.241. The van der Waals surface area contributed by atoms with Crippen LogP contribution >= 0.6 is 0 Å². The van der Waals surface area contributed by atoms with Gasteiger partial charge in [-0.05, 0) is 42.8 Å². The van der Waals surface area contributed by atoms with Gasteiger partial charge in [-0.2, -0.15) is 5.10 Å². The van der Waals surface area contributed by atoms with Crippen molar-refractivity contribution in [2.75, 3.05) is 6.61 Å². The summed E-state index contributed by atoms with van der Waals surface area (Å²) < 4.78 is 11.4. The second kappa shape index (κ2) is 8.66. The molecule has 0 unspecified atom stereocenters. The molecule has 0 radical (unpaired) electrons. The summed E-state index contributed by atoms with van der Waals surface area (Å²) in [6.45, 7) is 3.03. The van der Waals surface area contributed by atoms with E-state index in [-0.39, 0.29) is 5.91 Å². The normalized spacial score (nSPS) is 10.3. The van der Waals surface area contributed by atoms with Crippen molar-refractivity contribution in [3.8, 4) is 17.4 Å². The molecule has 7 nitrogen and oxygen atoms in total. The van der Waals surface area contributed by atoms with Gasteiger partial charge in [-0.25, -0.2) is 4.98 Å². The van der Waals surface area contributed by atoms with Gasteiger partial charge in [0.25, 0.3) is 5.91 Å². The fourth-order valence-corrected chi connectivity index (χ4v) is 2.24. The number of ether oxygens (including phenoxy) is 2. The van der Waals surface area contributed by atoms with Crippen molar-refractivity contribution in [3.63, 3.8) is 0 Å². The lowest BCUT2D eigenvalue weighted by Crippen LogP contribution is -2.23. The third kappa shape index (κ3) is 4.60. The Morgan fingerprint density at radius 2 is 1.92 bits per heavy atom. The van der Waals surface area contributed by atoms with Crippen molar-refractivity contribution in [1.29, 1.82) is 0 Å². The number of carbonyl (C=O) groups is 1. The lowest BCUT2D eigenvalue weighted by Gasteiger charge is -2.11. The van der Waals surface area contributed by atoms with E-state index in [4.69, 9.17) is 9.47 Å². The first kappa shape index (κ1) is 17.5. The molecule has 0 saturated heterocycles. The minimum atomic E-state index is -0.241. The average molecular weight is 352 g/mol. The van der Waals surface area contributed by atoms with Gasteiger partial charge in [0.05, 0.1) is 6.61 Å². The van der Waals surface area contributed by atoms with Gasteiger partial charge < -0.3 is 14.8 Å². The highest BCUT2D eigenvalue weighted by Crippen LogP contribution is 2.25. The van der Waals surface area contributed by atoms with E-state index in [1.165, 1.54) is 6.20 Å². The van der Waals surface area contributed by atoms with Crippen molar-refractivity contribution >= 4 is 5.91 Å². The largest absolute Gasteiger partial charge is 0.494 e. The number of benzene rings is 1. The van der Waals surface area contributed by atoms with Crippen molar-refractivity contribution in [1.82, 2.24) is 20.5 Å². The standard InChI is InChI=1S/C19H20N4O3/c1-2-12-25-15-5-7-16(8-6-15)26-19-14(4-3-10-20-19)13-21-18(24)17-9-11-22-23-17/h3-11H,2,12-13H2,1H3,(H,21,24)(H,22,23). The van der Waals surface area contributed by atoms with Gasteiger partial charge in [0.2, 0.25) is 5.88 Å². The van der Waals surface area contributed by atoms with Gasteiger partial charge in [-0.15, -0.1) is 0 Å². The highest BCUT2D eigenvalue weighted by Gasteiger charge is 2.10. The molecule has 3 aromatic rings. The lowest BCUT2D eigenvalue weighted by atomic mass is 10.2. The van der Waals surface area contributed by atoms with Crippen molar-refractivity contribution < 1.29 is 14.3 Å². The summed E-state index contributed by atoms with van der Waals surface area (Å²) in [5.41, 5.74) is 1.17. The summed E-state index contributed by atoms with van der Waals surface area (Å²) >= 11 is 0. The quantitative estimate of drug-likeness (QED) is 0.649. The highest BCUT2D eigenvalue weighted by molar-refractivity contribution is 5.92. The number of rotatable bonds is 8. The third-order valence-corrected chi connectivity index (χ3v) is 3.55. The monoisotopic (exact) mass is 352 g/mol. The Bertz CT molecular complexity index is 832. The first-order chi connectivity index (χ1) is 12.8. The molecule has 1 aromatic carbocycles. The summed E-state index contributed by atoms with van der Waals surface area (Å²) in [6, 6.07) is 12.6. The van der Waals surface area contributed by atoms with Crippen molar-refractivity contribution in [3.05, 3.63) is 66.1 Å². The summed E-state index contributed by atoms with van der Waals surface area (Å²) in [4.78, 5) is 16.3. The van der Waals surface area contributed by atoms with Gasteiger partial charge in [-0.1, -0.05) is 13.0 Å². The number of carbonyl (C=O) groups excluding carboxylic acids is 1. The summed E-state index contributed by atoms with van der Waals surface area (Å²) in [5, 5.41) is 9.20. The smallest absolute Gasteiger partial charge is 0.269 e. The van der Waals surface area contributed by atoms with Crippen molar-refractivity contribution in [2.45, 2.75) is 19.9 Å². The molecule has 0 bridgehead atoms.